The van der Waals surface area contributed by atoms with Crippen LogP contribution in [0, 0.1) is 11.2 Å². The summed E-state index contributed by atoms with van der Waals surface area (Å²) in [6, 6.07) is 12.9. The van der Waals surface area contributed by atoms with Crippen LogP contribution in [0.1, 0.15) is 12.5 Å². The molecule has 0 amide bonds. The smallest absolute Gasteiger partial charge is 0.161 e. The molecule has 0 unspecified atom stereocenters. The number of hydrogen-bond donors (Lipinski definition) is 2. The van der Waals surface area contributed by atoms with Crippen molar-refractivity contribution >= 4 is 33.1 Å². The van der Waals surface area contributed by atoms with Crippen LogP contribution in [0.4, 0.5) is 15.8 Å². The van der Waals surface area contributed by atoms with E-state index in [0.29, 0.717) is 17.8 Å². The number of anilines is 2. The van der Waals surface area contributed by atoms with Crippen LogP contribution in [0.2, 0.25) is 0 Å². The van der Waals surface area contributed by atoms with Gasteiger partial charge >= 0.3 is 0 Å². The van der Waals surface area contributed by atoms with E-state index in [0.717, 1.165) is 5.69 Å². The maximum absolute atomic E-state index is 14.5. The minimum Gasteiger partial charge on any atom is -0.384 e. The van der Waals surface area contributed by atoms with Crippen molar-refractivity contribution in [2.45, 2.75) is 6.92 Å². The summed E-state index contributed by atoms with van der Waals surface area (Å²) < 4.78 is 14.7. The van der Waals surface area contributed by atoms with Crippen LogP contribution in [-0.2, 0) is 0 Å². The van der Waals surface area contributed by atoms with Crippen LogP contribution in [0.25, 0.3) is 0 Å². The highest BCUT2D eigenvalue weighted by Crippen LogP contribution is 2.33. The molecule has 0 spiro atoms. The van der Waals surface area contributed by atoms with Gasteiger partial charge in [0.05, 0.1) is 10.2 Å². The average Bonchev–Trinajstić information content (AvgIpc) is 2.45. The van der Waals surface area contributed by atoms with Crippen molar-refractivity contribution in [3.05, 3.63) is 58.3 Å². The summed E-state index contributed by atoms with van der Waals surface area (Å²) in [4.78, 5) is 1.87. The third-order valence-electron chi connectivity index (χ3n) is 3.03. The Kier molecular flexibility index (Phi) is 4.39. The van der Waals surface area contributed by atoms with Gasteiger partial charge in [0.2, 0.25) is 0 Å². The average molecular weight is 336 g/mol. The fourth-order valence-corrected chi connectivity index (χ4v) is 2.60. The monoisotopic (exact) mass is 335 g/mol. The van der Waals surface area contributed by atoms with E-state index in [1.807, 2.05) is 42.2 Å². The van der Waals surface area contributed by atoms with Gasteiger partial charge in [-0.3, -0.25) is 5.41 Å². The summed E-state index contributed by atoms with van der Waals surface area (Å²) in [5, 5.41) is 7.43. The van der Waals surface area contributed by atoms with Gasteiger partial charge in [0.15, 0.2) is 5.82 Å². The van der Waals surface area contributed by atoms with Gasteiger partial charge < -0.3 is 10.6 Å². The minimum atomic E-state index is -0.414. The molecule has 0 aliphatic rings. The zero-order valence-corrected chi connectivity index (χ0v) is 12.6. The molecule has 104 valence electrons. The van der Waals surface area contributed by atoms with Crippen molar-refractivity contribution in [3.63, 3.8) is 0 Å². The third-order valence-corrected chi connectivity index (χ3v) is 3.80. The first-order valence-electron chi connectivity index (χ1n) is 6.21. The van der Waals surface area contributed by atoms with Crippen LogP contribution >= 0.6 is 15.9 Å². The predicted molar refractivity (Wildman–Crippen MR) is 84.2 cm³/mol. The van der Waals surface area contributed by atoms with Gasteiger partial charge in [-0.2, -0.15) is 0 Å². The number of benzene rings is 2. The van der Waals surface area contributed by atoms with Crippen molar-refractivity contribution in [3.8, 4) is 0 Å². The molecule has 0 heterocycles. The molecular weight excluding hydrogens is 321 g/mol. The third kappa shape index (κ3) is 2.67. The molecule has 0 atom stereocenters. The molecule has 0 radical (unpaired) electrons. The SMILES string of the molecule is CCN(c1ccccc1)c1ccc(C(=N)N)c(Br)c1F. The Bertz CT molecular complexity index is 629. The van der Waals surface area contributed by atoms with E-state index in [4.69, 9.17) is 11.1 Å². The number of hydrogen-bond acceptors (Lipinski definition) is 2. The van der Waals surface area contributed by atoms with Gasteiger partial charge in [-0.25, -0.2) is 4.39 Å². The van der Waals surface area contributed by atoms with E-state index in [2.05, 4.69) is 15.9 Å². The minimum absolute atomic E-state index is 0.162. The van der Waals surface area contributed by atoms with Crippen molar-refractivity contribution in [2.75, 3.05) is 11.4 Å². The van der Waals surface area contributed by atoms with E-state index < -0.39 is 5.82 Å². The molecule has 0 saturated carbocycles. The van der Waals surface area contributed by atoms with E-state index >= 15 is 0 Å². The standard InChI is InChI=1S/C15H15BrFN3/c1-2-20(10-6-4-3-5-7-10)12-9-8-11(15(18)19)13(16)14(12)17/h3-9H,2H2,1H3,(H3,18,19). The first-order chi connectivity index (χ1) is 9.56. The molecule has 0 bridgehead atoms. The van der Waals surface area contributed by atoms with Gasteiger partial charge in [0.25, 0.3) is 0 Å². The number of halogens is 2. The van der Waals surface area contributed by atoms with Crippen LogP contribution in [0.5, 0.6) is 0 Å². The molecule has 0 fully saturated rings. The Morgan fingerprint density at radius 1 is 1.25 bits per heavy atom. The fourth-order valence-electron chi connectivity index (χ4n) is 2.06. The van der Waals surface area contributed by atoms with Gasteiger partial charge in [0, 0.05) is 17.8 Å². The van der Waals surface area contributed by atoms with Gasteiger partial charge in [-0.05, 0) is 47.1 Å². The largest absolute Gasteiger partial charge is 0.384 e. The maximum atomic E-state index is 14.5. The summed E-state index contributed by atoms with van der Waals surface area (Å²) in [7, 11) is 0. The van der Waals surface area contributed by atoms with Crippen LogP contribution in [0.15, 0.2) is 46.9 Å². The molecule has 2 aromatic rings. The van der Waals surface area contributed by atoms with Crippen LogP contribution in [0.3, 0.4) is 0 Å². The van der Waals surface area contributed by atoms with Gasteiger partial charge in [0.1, 0.15) is 5.84 Å². The molecule has 3 N–H and O–H groups in total. The van der Waals surface area contributed by atoms with Gasteiger partial charge in [-0.1, -0.05) is 18.2 Å². The molecule has 3 nitrogen and oxygen atoms in total. The number of nitrogen functional groups attached to an aromatic ring is 1. The van der Waals surface area contributed by atoms with E-state index in [1.165, 1.54) is 0 Å². The Labute approximate surface area is 125 Å². The lowest BCUT2D eigenvalue weighted by Crippen LogP contribution is -2.19. The van der Waals surface area contributed by atoms with Gasteiger partial charge in [-0.15, -0.1) is 0 Å². The molecular formula is C15H15BrFN3. The molecule has 20 heavy (non-hydrogen) atoms. The van der Waals surface area contributed by atoms with Crippen molar-refractivity contribution in [2.24, 2.45) is 5.73 Å². The fraction of sp³-hybridized carbons (Fsp3) is 0.133. The lowest BCUT2D eigenvalue weighted by Gasteiger charge is -2.24. The number of nitrogens with two attached hydrogens (primary N) is 1. The second-order valence-corrected chi connectivity index (χ2v) is 5.05. The summed E-state index contributed by atoms with van der Waals surface area (Å²) in [5.41, 5.74) is 7.15. The highest BCUT2D eigenvalue weighted by atomic mass is 79.9. The second kappa shape index (κ2) is 6.05. The molecule has 0 aromatic heterocycles. The lowest BCUT2D eigenvalue weighted by molar-refractivity contribution is 0.618. The molecule has 0 aliphatic heterocycles. The molecule has 2 aromatic carbocycles. The Balaban J connectivity index is 2.52. The first kappa shape index (κ1) is 14.5. The van der Waals surface area contributed by atoms with Crippen LogP contribution < -0.4 is 10.6 Å². The van der Waals surface area contributed by atoms with E-state index in [-0.39, 0.29) is 10.3 Å². The molecule has 0 aliphatic carbocycles. The van der Waals surface area contributed by atoms with Crippen molar-refractivity contribution in [1.82, 2.24) is 0 Å². The predicted octanol–water partition coefficient (Wildman–Crippen LogP) is 4.03. The van der Waals surface area contributed by atoms with Crippen molar-refractivity contribution < 1.29 is 4.39 Å². The quantitative estimate of drug-likeness (QED) is 0.654. The Morgan fingerprint density at radius 2 is 1.90 bits per heavy atom. The number of amidine groups is 1. The second-order valence-electron chi connectivity index (χ2n) is 4.25. The summed E-state index contributed by atoms with van der Waals surface area (Å²) >= 11 is 3.18. The van der Waals surface area contributed by atoms with Crippen LogP contribution in [-0.4, -0.2) is 12.4 Å². The van der Waals surface area contributed by atoms with E-state index in [1.54, 1.807) is 12.1 Å². The lowest BCUT2D eigenvalue weighted by atomic mass is 10.1. The topological polar surface area (TPSA) is 53.1 Å². The first-order valence-corrected chi connectivity index (χ1v) is 7.00. The highest BCUT2D eigenvalue weighted by Gasteiger charge is 2.17. The molecule has 2 rings (SSSR count). The summed E-state index contributed by atoms with van der Waals surface area (Å²) in [6.45, 7) is 2.59. The number of nitrogens with one attached hydrogen (secondary N) is 1. The zero-order valence-electron chi connectivity index (χ0n) is 11.0. The zero-order chi connectivity index (χ0) is 14.7. The Morgan fingerprint density at radius 3 is 2.45 bits per heavy atom. The summed E-state index contributed by atoms with van der Waals surface area (Å²) in [5.74, 6) is -0.575. The van der Waals surface area contributed by atoms with E-state index in [9.17, 15) is 4.39 Å². The van der Waals surface area contributed by atoms with Crippen molar-refractivity contribution in [1.29, 1.82) is 5.41 Å². The maximum Gasteiger partial charge on any atom is 0.161 e. The molecule has 5 heteroatoms. The number of para-hydroxylation sites is 1. The molecule has 0 saturated heterocycles. The highest BCUT2D eigenvalue weighted by molar-refractivity contribution is 9.10. The normalized spacial score (nSPS) is 10.3. The Hall–Kier alpha value is -1.88. The number of rotatable bonds is 4. The number of nitrogens with zero attached hydrogens (tertiary/aromatic N) is 1. The summed E-state index contributed by atoms with van der Waals surface area (Å²) in [6.07, 6.45) is 0.